The van der Waals surface area contributed by atoms with Gasteiger partial charge in [0.25, 0.3) is 0 Å². The number of amides is 2. The summed E-state index contributed by atoms with van der Waals surface area (Å²) in [6.45, 7) is 2.07. The minimum atomic E-state index is -3.53. The van der Waals surface area contributed by atoms with Crippen molar-refractivity contribution in [3.05, 3.63) is 41.4 Å². The van der Waals surface area contributed by atoms with E-state index >= 15 is 0 Å². The van der Waals surface area contributed by atoms with E-state index < -0.39 is 16.1 Å². The van der Waals surface area contributed by atoms with Crippen LogP contribution in [0.4, 0.5) is 5.13 Å². The molecule has 11 heteroatoms. The van der Waals surface area contributed by atoms with E-state index in [4.69, 9.17) is 4.74 Å². The molecule has 2 aromatic rings. The van der Waals surface area contributed by atoms with Crippen molar-refractivity contribution >= 4 is 38.3 Å². The third kappa shape index (κ3) is 5.17. The number of benzene rings is 1. The zero-order valence-electron chi connectivity index (χ0n) is 17.6. The van der Waals surface area contributed by atoms with E-state index in [1.54, 1.807) is 40.7 Å². The average Bonchev–Trinajstić information content (AvgIpc) is 3.50. The summed E-state index contributed by atoms with van der Waals surface area (Å²) in [5, 5.41) is 5.09. The lowest BCUT2D eigenvalue weighted by Gasteiger charge is -2.26. The number of hydrogen-bond acceptors (Lipinski definition) is 7. The second-order valence-corrected chi connectivity index (χ2v) is 10.6. The second-order valence-electron chi connectivity index (χ2n) is 7.73. The van der Waals surface area contributed by atoms with E-state index in [1.807, 2.05) is 0 Å². The molecule has 1 aromatic carbocycles. The predicted molar refractivity (Wildman–Crippen MR) is 120 cm³/mol. The Labute approximate surface area is 191 Å². The second kappa shape index (κ2) is 10.1. The van der Waals surface area contributed by atoms with Crippen molar-refractivity contribution in [1.29, 1.82) is 0 Å². The molecular weight excluding hydrogens is 452 g/mol. The summed E-state index contributed by atoms with van der Waals surface area (Å²) in [7, 11) is -3.53. The summed E-state index contributed by atoms with van der Waals surface area (Å²) in [5.74, 6) is -0.282. The minimum Gasteiger partial charge on any atom is -0.379 e. The number of rotatable bonds is 7. The Hall–Kier alpha value is -2.34. The van der Waals surface area contributed by atoms with Crippen LogP contribution in [0.2, 0.25) is 0 Å². The lowest BCUT2D eigenvalue weighted by atomic mass is 10.1. The number of morpholine rings is 1. The Morgan fingerprint density at radius 1 is 1.16 bits per heavy atom. The first-order valence-electron chi connectivity index (χ1n) is 10.6. The van der Waals surface area contributed by atoms with Crippen LogP contribution in [0.5, 0.6) is 0 Å². The van der Waals surface area contributed by atoms with Crippen molar-refractivity contribution in [2.24, 2.45) is 0 Å². The van der Waals surface area contributed by atoms with Crippen LogP contribution in [0.25, 0.3) is 0 Å². The number of aromatic nitrogens is 1. The van der Waals surface area contributed by atoms with Gasteiger partial charge in [-0.1, -0.05) is 12.1 Å². The SMILES string of the molecule is O=C(Nc1nccs1)C1CCCN1C(=O)CCc1ccc(S(=O)(=O)N2CCOCC2)cc1. The molecule has 2 fully saturated rings. The largest absolute Gasteiger partial charge is 0.379 e. The molecule has 0 radical (unpaired) electrons. The monoisotopic (exact) mass is 478 g/mol. The molecule has 3 heterocycles. The maximum absolute atomic E-state index is 12.8. The van der Waals surface area contributed by atoms with Crippen molar-refractivity contribution in [3.63, 3.8) is 0 Å². The van der Waals surface area contributed by atoms with Gasteiger partial charge in [-0.15, -0.1) is 11.3 Å². The van der Waals surface area contributed by atoms with E-state index in [2.05, 4.69) is 10.3 Å². The van der Waals surface area contributed by atoms with Crippen molar-refractivity contribution in [2.45, 2.75) is 36.6 Å². The number of ether oxygens (including phenoxy) is 1. The van der Waals surface area contributed by atoms with Crippen LogP contribution in [-0.4, -0.2) is 73.3 Å². The van der Waals surface area contributed by atoms with E-state index in [0.29, 0.717) is 50.8 Å². The van der Waals surface area contributed by atoms with Gasteiger partial charge in [-0.05, 0) is 37.0 Å². The Morgan fingerprint density at radius 3 is 2.59 bits per heavy atom. The van der Waals surface area contributed by atoms with Crippen LogP contribution >= 0.6 is 11.3 Å². The number of carbonyl (C=O) groups is 2. The fourth-order valence-corrected chi connectivity index (χ4v) is 5.91. The normalized spacial score (nSPS) is 19.8. The molecule has 0 aliphatic carbocycles. The summed E-state index contributed by atoms with van der Waals surface area (Å²) in [6.07, 6.45) is 3.78. The van der Waals surface area contributed by atoms with Crippen LogP contribution in [0.3, 0.4) is 0 Å². The highest BCUT2D eigenvalue weighted by atomic mass is 32.2. The van der Waals surface area contributed by atoms with Crippen LogP contribution in [0.15, 0.2) is 40.7 Å². The zero-order valence-corrected chi connectivity index (χ0v) is 19.2. The summed E-state index contributed by atoms with van der Waals surface area (Å²) in [4.78, 5) is 31.3. The van der Waals surface area contributed by atoms with Gasteiger partial charge >= 0.3 is 0 Å². The zero-order chi connectivity index (χ0) is 22.6. The maximum Gasteiger partial charge on any atom is 0.248 e. The highest BCUT2D eigenvalue weighted by molar-refractivity contribution is 7.89. The molecule has 2 saturated heterocycles. The first-order chi connectivity index (χ1) is 15.4. The fourth-order valence-electron chi connectivity index (χ4n) is 3.97. The standard InChI is InChI=1S/C21H26N4O5S2/c26-19(25-10-1-2-18(25)20(27)23-21-22-9-15-31-21)8-5-16-3-6-17(7-4-16)32(28,29)24-11-13-30-14-12-24/h3-4,6-7,9,15,18H,1-2,5,8,10-14H2,(H,22,23,27). The van der Waals surface area contributed by atoms with Gasteiger partial charge in [0.15, 0.2) is 5.13 Å². The fraction of sp³-hybridized carbons (Fsp3) is 0.476. The highest BCUT2D eigenvalue weighted by Gasteiger charge is 2.34. The van der Waals surface area contributed by atoms with Crippen molar-refractivity contribution < 1.29 is 22.7 Å². The Bertz CT molecular complexity index is 1030. The molecule has 2 aliphatic heterocycles. The molecule has 9 nitrogen and oxygen atoms in total. The molecule has 2 aliphatic rings. The molecule has 172 valence electrons. The molecular formula is C21H26N4O5S2. The summed E-state index contributed by atoms with van der Waals surface area (Å²) in [5.41, 5.74) is 0.877. The topological polar surface area (TPSA) is 109 Å². The van der Waals surface area contributed by atoms with Crippen molar-refractivity contribution in [3.8, 4) is 0 Å². The molecule has 32 heavy (non-hydrogen) atoms. The number of thiazole rings is 1. The summed E-state index contributed by atoms with van der Waals surface area (Å²) in [6, 6.07) is 6.19. The van der Waals surface area contributed by atoms with Crippen LogP contribution in [-0.2, 0) is 30.8 Å². The smallest absolute Gasteiger partial charge is 0.248 e. The number of nitrogens with zero attached hydrogens (tertiary/aromatic N) is 3. The number of nitrogens with one attached hydrogen (secondary N) is 1. The molecule has 1 unspecified atom stereocenters. The van der Waals surface area contributed by atoms with Crippen LogP contribution < -0.4 is 5.32 Å². The number of hydrogen-bond donors (Lipinski definition) is 1. The molecule has 0 saturated carbocycles. The lowest BCUT2D eigenvalue weighted by molar-refractivity contribution is -0.136. The van der Waals surface area contributed by atoms with Gasteiger partial charge in [-0.2, -0.15) is 4.31 Å². The summed E-state index contributed by atoms with van der Waals surface area (Å²) >= 11 is 1.34. The van der Waals surface area contributed by atoms with Crippen LogP contribution in [0, 0.1) is 0 Å². The van der Waals surface area contributed by atoms with Gasteiger partial charge in [0.05, 0.1) is 18.1 Å². The van der Waals surface area contributed by atoms with Crippen molar-refractivity contribution in [1.82, 2.24) is 14.2 Å². The predicted octanol–water partition coefficient (Wildman–Crippen LogP) is 1.73. The number of anilines is 1. The number of carbonyl (C=O) groups excluding carboxylic acids is 2. The number of aryl methyl sites for hydroxylation is 1. The van der Waals surface area contributed by atoms with Gasteiger partial charge < -0.3 is 15.0 Å². The molecule has 0 spiro atoms. The number of sulfonamides is 1. The Morgan fingerprint density at radius 2 is 1.91 bits per heavy atom. The van der Waals surface area contributed by atoms with Crippen molar-refractivity contribution in [2.75, 3.05) is 38.2 Å². The Kier molecular flexibility index (Phi) is 7.19. The number of likely N-dealkylation sites (tertiary alicyclic amines) is 1. The lowest BCUT2D eigenvalue weighted by Crippen LogP contribution is -2.43. The molecule has 1 aromatic heterocycles. The molecule has 2 amide bonds. The highest BCUT2D eigenvalue weighted by Crippen LogP contribution is 2.22. The van der Waals surface area contributed by atoms with Gasteiger partial charge in [0.1, 0.15) is 6.04 Å². The first-order valence-corrected chi connectivity index (χ1v) is 12.9. The minimum absolute atomic E-state index is 0.0770. The third-order valence-corrected chi connectivity index (χ3v) is 8.30. The van der Waals surface area contributed by atoms with Gasteiger partial charge in [0.2, 0.25) is 21.8 Å². The van der Waals surface area contributed by atoms with E-state index in [-0.39, 0.29) is 23.1 Å². The molecule has 1 N–H and O–H groups in total. The Balaban J connectivity index is 1.33. The van der Waals surface area contributed by atoms with E-state index in [0.717, 1.165) is 12.0 Å². The van der Waals surface area contributed by atoms with Gasteiger partial charge in [-0.25, -0.2) is 13.4 Å². The van der Waals surface area contributed by atoms with E-state index in [1.165, 1.54) is 15.6 Å². The maximum atomic E-state index is 12.8. The van der Waals surface area contributed by atoms with E-state index in [9.17, 15) is 18.0 Å². The van der Waals surface area contributed by atoms with Gasteiger partial charge in [0, 0.05) is 37.6 Å². The summed E-state index contributed by atoms with van der Waals surface area (Å²) < 4.78 is 32.1. The average molecular weight is 479 g/mol. The molecule has 0 bridgehead atoms. The quantitative estimate of drug-likeness (QED) is 0.649. The van der Waals surface area contributed by atoms with Gasteiger partial charge in [-0.3, -0.25) is 9.59 Å². The molecule has 4 rings (SSSR count). The molecule has 1 atom stereocenters. The van der Waals surface area contributed by atoms with Crippen LogP contribution in [0.1, 0.15) is 24.8 Å². The third-order valence-electron chi connectivity index (χ3n) is 5.70. The first kappa shape index (κ1) is 22.8.